The number of hydrogen-bond acceptors (Lipinski definition) is 2. The van der Waals surface area contributed by atoms with Gasteiger partial charge in [-0.25, -0.2) is 4.79 Å². The van der Waals surface area contributed by atoms with Crippen LogP contribution in [0.1, 0.15) is 38.7 Å². The molecular formula is C15H25N3O. The summed E-state index contributed by atoms with van der Waals surface area (Å²) in [4.78, 5) is 13.9. The lowest BCUT2D eigenvalue weighted by atomic mass is 10.2. The molecule has 1 aromatic rings. The molecule has 2 amide bonds. The third-order valence-electron chi connectivity index (χ3n) is 2.91. The van der Waals surface area contributed by atoms with Crippen molar-refractivity contribution in [2.75, 3.05) is 18.8 Å². The number of carbonyl (C=O) groups excluding carboxylic acids is 1. The zero-order valence-electron chi connectivity index (χ0n) is 12.0. The number of rotatable bonds is 7. The molecule has 0 atom stereocenters. The molecule has 0 aliphatic heterocycles. The Balaban J connectivity index is 2.58. The van der Waals surface area contributed by atoms with E-state index >= 15 is 0 Å². The molecule has 0 spiro atoms. The first-order chi connectivity index (χ1) is 9.17. The minimum Gasteiger partial charge on any atom is -0.399 e. The van der Waals surface area contributed by atoms with Gasteiger partial charge < -0.3 is 16.0 Å². The quantitative estimate of drug-likeness (QED) is 0.587. The standard InChI is InChI=1S/C15H25N3O/c1-3-5-9-17-15(19)18(10-4-2)12-13-7-6-8-14(16)11-13/h6-8,11H,3-5,9-10,12,16H2,1-2H3,(H,17,19). The second kappa shape index (κ2) is 8.40. The Morgan fingerprint density at radius 2 is 2.11 bits per heavy atom. The number of urea groups is 1. The van der Waals surface area contributed by atoms with Crippen molar-refractivity contribution in [2.24, 2.45) is 0 Å². The highest BCUT2D eigenvalue weighted by molar-refractivity contribution is 5.74. The number of nitrogen functional groups attached to an aromatic ring is 1. The summed E-state index contributed by atoms with van der Waals surface area (Å²) in [6.45, 7) is 6.30. The molecule has 4 nitrogen and oxygen atoms in total. The van der Waals surface area contributed by atoms with E-state index in [1.807, 2.05) is 29.2 Å². The fourth-order valence-corrected chi connectivity index (χ4v) is 1.92. The van der Waals surface area contributed by atoms with Crippen LogP contribution in [0.5, 0.6) is 0 Å². The summed E-state index contributed by atoms with van der Waals surface area (Å²) in [5, 5.41) is 2.96. The zero-order chi connectivity index (χ0) is 14.1. The number of carbonyl (C=O) groups is 1. The van der Waals surface area contributed by atoms with Crippen LogP contribution in [0.4, 0.5) is 10.5 Å². The van der Waals surface area contributed by atoms with Crippen LogP contribution < -0.4 is 11.1 Å². The second-order valence-corrected chi connectivity index (χ2v) is 4.75. The highest BCUT2D eigenvalue weighted by Gasteiger charge is 2.12. The van der Waals surface area contributed by atoms with Gasteiger partial charge in [0.15, 0.2) is 0 Å². The molecule has 106 valence electrons. The van der Waals surface area contributed by atoms with Crippen LogP contribution in [0, 0.1) is 0 Å². The fourth-order valence-electron chi connectivity index (χ4n) is 1.92. The molecule has 3 N–H and O–H groups in total. The average Bonchev–Trinajstić information content (AvgIpc) is 2.38. The van der Waals surface area contributed by atoms with E-state index in [9.17, 15) is 4.79 Å². The molecule has 19 heavy (non-hydrogen) atoms. The van der Waals surface area contributed by atoms with Gasteiger partial charge in [0.2, 0.25) is 0 Å². The number of unbranched alkanes of at least 4 members (excludes halogenated alkanes) is 1. The van der Waals surface area contributed by atoms with Crippen LogP contribution in [0.25, 0.3) is 0 Å². The maximum Gasteiger partial charge on any atom is 0.317 e. The molecular weight excluding hydrogens is 238 g/mol. The van der Waals surface area contributed by atoms with Gasteiger partial charge in [0.25, 0.3) is 0 Å². The van der Waals surface area contributed by atoms with Gasteiger partial charge in [-0.05, 0) is 30.5 Å². The summed E-state index contributed by atoms with van der Waals surface area (Å²) in [7, 11) is 0. The number of benzene rings is 1. The monoisotopic (exact) mass is 263 g/mol. The van der Waals surface area contributed by atoms with Gasteiger partial charge in [0, 0.05) is 25.3 Å². The van der Waals surface area contributed by atoms with Crippen molar-refractivity contribution in [1.29, 1.82) is 0 Å². The van der Waals surface area contributed by atoms with Crippen LogP contribution >= 0.6 is 0 Å². The van der Waals surface area contributed by atoms with Gasteiger partial charge in [0.1, 0.15) is 0 Å². The topological polar surface area (TPSA) is 58.4 Å². The van der Waals surface area contributed by atoms with Crippen molar-refractivity contribution in [2.45, 2.75) is 39.7 Å². The van der Waals surface area contributed by atoms with Crippen LogP contribution in [0.2, 0.25) is 0 Å². The Hall–Kier alpha value is -1.71. The molecule has 0 aliphatic carbocycles. The van der Waals surface area contributed by atoms with Gasteiger partial charge in [-0.15, -0.1) is 0 Å². The normalized spacial score (nSPS) is 10.2. The van der Waals surface area contributed by atoms with Crippen molar-refractivity contribution in [3.8, 4) is 0 Å². The first-order valence-electron chi connectivity index (χ1n) is 7.04. The number of nitrogens with zero attached hydrogens (tertiary/aromatic N) is 1. The van der Waals surface area contributed by atoms with Gasteiger partial charge in [-0.1, -0.05) is 32.4 Å². The van der Waals surface area contributed by atoms with E-state index in [2.05, 4.69) is 19.2 Å². The predicted octanol–water partition coefficient (Wildman–Crippen LogP) is 2.99. The molecule has 0 heterocycles. The molecule has 0 fully saturated rings. The lowest BCUT2D eigenvalue weighted by Gasteiger charge is -2.22. The van der Waals surface area contributed by atoms with E-state index in [1.54, 1.807) is 0 Å². The first kappa shape index (κ1) is 15.3. The Morgan fingerprint density at radius 3 is 2.74 bits per heavy atom. The lowest BCUT2D eigenvalue weighted by molar-refractivity contribution is 0.195. The van der Waals surface area contributed by atoms with Gasteiger partial charge in [0.05, 0.1) is 0 Å². The van der Waals surface area contributed by atoms with E-state index in [1.165, 1.54) is 0 Å². The summed E-state index contributed by atoms with van der Waals surface area (Å²) in [5.74, 6) is 0. The molecule has 0 aliphatic rings. The van der Waals surface area contributed by atoms with E-state index < -0.39 is 0 Å². The molecule has 0 saturated heterocycles. The number of amides is 2. The highest BCUT2D eigenvalue weighted by atomic mass is 16.2. The summed E-state index contributed by atoms with van der Waals surface area (Å²) >= 11 is 0. The predicted molar refractivity (Wildman–Crippen MR) is 79.9 cm³/mol. The van der Waals surface area contributed by atoms with Gasteiger partial charge >= 0.3 is 6.03 Å². The van der Waals surface area contributed by atoms with Crippen molar-refractivity contribution in [3.63, 3.8) is 0 Å². The van der Waals surface area contributed by atoms with Crippen LogP contribution in [-0.2, 0) is 6.54 Å². The molecule has 0 radical (unpaired) electrons. The number of nitrogens with two attached hydrogens (primary N) is 1. The van der Waals surface area contributed by atoms with Crippen LogP contribution in [0.15, 0.2) is 24.3 Å². The molecule has 0 bridgehead atoms. The largest absolute Gasteiger partial charge is 0.399 e. The van der Waals surface area contributed by atoms with Gasteiger partial charge in [-0.3, -0.25) is 0 Å². The molecule has 0 unspecified atom stereocenters. The molecule has 1 aromatic carbocycles. The minimum absolute atomic E-state index is 0.0118. The summed E-state index contributed by atoms with van der Waals surface area (Å²) in [6.07, 6.45) is 3.05. The van der Waals surface area contributed by atoms with Crippen LogP contribution in [0.3, 0.4) is 0 Å². The molecule has 1 rings (SSSR count). The van der Waals surface area contributed by atoms with E-state index in [0.29, 0.717) is 6.54 Å². The lowest BCUT2D eigenvalue weighted by Crippen LogP contribution is -2.40. The highest BCUT2D eigenvalue weighted by Crippen LogP contribution is 2.10. The van der Waals surface area contributed by atoms with E-state index in [4.69, 9.17) is 5.73 Å². The van der Waals surface area contributed by atoms with E-state index in [-0.39, 0.29) is 6.03 Å². The smallest absolute Gasteiger partial charge is 0.317 e. The SMILES string of the molecule is CCCCNC(=O)N(CCC)Cc1cccc(N)c1. The Kier molecular flexibility index (Phi) is 6.79. The van der Waals surface area contributed by atoms with Crippen molar-refractivity contribution in [1.82, 2.24) is 10.2 Å². The average molecular weight is 263 g/mol. The molecule has 0 aromatic heterocycles. The maximum atomic E-state index is 12.1. The van der Waals surface area contributed by atoms with Crippen molar-refractivity contribution in [3.05, 3.63) is 29.8 Å². The minimum atomic E-state index is 0.0118. The third-order valence-corrected chi connectivity index (χ3v) is 2.91. The van der Waals surface area contributed by atoms with Gasteiger partial charge in [-0.2, -0.15) is 0 Å². The first-order valence-corrected chi connectivity index (χ1v) is 7.04. The Morgan fingerprint density at radius 1 is 1.32 bits per heavy atom. The summed E-state index contributed by atoms with van der Waals surface area (Å²) < 4.78 is 0. The maximum absolute atomic E-state index is 12.1. The van der Waals surface area contributed by atoms with Crippen molar-refractivity contribution >= 4 is 11.7 Å². The zero-order valence-corrected chi connectivity index (χ0v) is 12.0. The fraction of sp³-hybridized carbons (Fsp3) is 0.533. The summed E-state index contributed by atoms with van der Waals surface area (Å²) in [5.41, 5.74) is 7.57. The molecule has 0 saturated carbocycles. The summed E-state index contributed by atoms with van der Waals surface area (Å²) in [6, 6.07) is 7.71. The number of nitrogens with one attached hydrogen (secondary N) is 1. The number of anilines is 1. The number of hydrogen-bond donors (Lipinski definition) is 2. The third kappa shape index (κ3) is 5.64. The Bertz CT molecular complexity index is 393. The van der Waals surface area contributed by atoms with E-state index in [0.717, 1.165) is 43.6 Å². The van der Waals surface area contributed by atoms with Crippen LogP contribution in [-0.4, -0.2) is 24.0 Å². The second-order valence-electron chi connectivity index (χ2n) is 4.75. The van der Waals surface area contributed by atoms with Crippen molar-refractivity contribution < 1.29 is 4.79 Å². The Labute approximate surface area is 116 Å². The molecule has 4 heteroatoms.